The highest BCUT2D eigenvalue weighted by atomic mass is 19.1. The largest absolute Gasteiger partial charge is 0.305 e. The summed E-state index contributed by atoms with van der Waals surface area (Å²) in [4.78, 5) is 10.3. The second kappa shape index (κ2) is 2.70. The Morgan fingerprint density at radius 2 is 2.00 bits per heavy atom. The van der Waals surface area contributed by atoms with E-state index in [4.69, 9.17) is 0 Å². The summed E-state index contributed by atoms with van der Waals surface area (Å²) in [5.41, 5.74) is 1.08. The fraction of sp³-hybridized carbons (Fsp3) is 0.300. The predicted molar refractivity (Wildman–Crippen MR) is 43.4 cm³/mol. The highest BCUT2D eigenvalue weighted by Gasteiger charge is 2.44. The van der Waals surface area contributed by atoms with Crippen molar-refractivity contribution in [3.8, 4) is 0 Å². The Kier molecular flexibility index (Phi) is 1.68. The monoisotopic (exact) mass is 164 g/mol. The molecule has 62 valence electrons. The third-order valence-electron chi connectivity index (χ3n) is 2.31. The van der Waals surface area contributed by atoms with Gasteiger partial charge in [0.05, 0.1) is 5.92 Å². The topological polar surface area (TPSA) is 17.1 Å². The lowest BCUT2D eigenvalue weighted by atomic mass is 10.1. The summed E-state index contributed by atoms with van der Waals surface area (Å²) in [6.45, 7) is 0. The van der Waals surface area contributed by atoms with Gasteiger partial charge >= 0.3 is 6.04 Å². The minimum absolute atomic E-state index is 0.142. The van der Waals surface area contributed by atoms with Gasteiger partial charge in [0, 0.05) is 0 Å². The SMILES string of the molecule is O=C(F)C1CC1c1ccccc1. The second-order valence-electron chi connectivity index (χ2n) is 3.16. The average molecular weight is 164 g/mol. The Morgan fingerprint density at radius 3 is 2.50 bits per heavy atom. The number of halogens is 1. The van der Waals surface area contributed by atoms with Crippen LogP contribution in [0.3, 0.4) is 0 Å². The van der Waals surface area contributed by atoms with Crippen LogP contribution < -0.4 is 0 Å². The molecule has 1 aliphatic carbocycles. The molecule has 2 heteroatoms. The van der Waals surface area contributed by atoms with Gasteiger partial charge in [0.25, 0.3) is 0 Å². The summed E-state index contributed by atoms with van der Waals surface area (Å²) in [6.07, 6.45) is 0.680. The van der Waals surface area contributed by atoms with Gasteiger partial charge in [-0.3, -0.25) is 4.79 Å². The van der Waals surface area contributed by atoms with Crippen LogP contribution in [0.5, 0.6) is 0 Å². The number of rotatable bonds is 2. The van der Waals surface area contributed by atoms with Crippen molar-refractivity contribution in [2.24, 2.45) is 5.92 Å². The quantitative estimate of drug-likeness (QED) is 0.613. The molecule has 1 aromatic rings. The Bertz CT molecular complexity index is 294. The van der Waals surface area contributed by atoms with Crippen LogP contribution in [0.2, 0.25) is 0 Å². The molecule has 2 unspecified atom stereocenters. The third kappa shape index (κ3) is 1.24. The van der Waals surface area contributed by atoms with E-state index in [0.29, 0.717) is 6.42 Å². The lowest BCUT2D eigenvalue weighted by Crippen LogP contribution is -1.92. The molecular weight excluding hydrogens is 155 g/mol. The van der Waals surface area contributed by atoms with E-state index in [1.54, 1.807) is 0 Å². The molecule has 1 fully saturated rings. The maximum absolute atomic E-state index is 12.2. The standard InChI is InChI=1S/C10H9FO/c11-10(12)9-6-8(9)7-4-2-1-3-5-7/h1-5,8-9H,6H2. The maximum Gasteiger partial charge on any atom is 0.305 e. The maximum atomic E-state index is 12.2. The Hall–Kier alpha value is -1.18. The van der Waals surface area contributed by atoms with E-state index >= 15 is 0 Å². The van der Waals surface area contributed by atoms with Crippen LogP contribution in [0.4, 0.5) is 4.39 Å². The van der Waals surface area contributed by atoms with Crippen LogP contribution in [0.25, 0.3) is 0 Å². The van der Waals surface area contributed by atoms with Crippen molar-refractivity contribution < 1.29 is 9.18 Å². The molecule has 1 aromatic carbocycles. The molecule has 0 saturated heterocycles. The summed E-state index contributed by atoms with van der Waals surface area (Å²) in [5, 5.41) is 0. The zero-order valence-electron chi connectivity index (χ0n) is 6.53. The van der Waals surface area contributed by atoms with Crippen LogP contribution in [0.1, 0.15) is 17.9 Å². The summed E-state index contributed by atoms with van der Waals surface area (Å²) in [6, 6.07) is 8.45. The molecule has 0 spiro atoms. The van der Waals surface area contributed by atoms with Gasteiger partial charge in [-0.2, -0.15) is 4.39 Å². The molecule has 1 saturated carbocycles. The van der Waals surface area contributed by atoms with Gasteiger partial charge in [0.15, 0.2) is 0 Å². The third-order valence-corrected chi connectivity index (χ3v) is 2.31. The first kappa shape index (κ1) is 7.47. The Labute approximate surface area is 70.2 Å². The van der Waals surface area contributed by atoms with Crippen LogP contribution in [-0.4, -0.2) is 6.04 Å². The van der Waals surface area contributed by atoms with Crippen molar-refractivity contribution in [2.45, 2.75) is 12.3 Å². The van der Waals surface area contributed by atoms with Gasteiger partial charge in [-0.15, -0.1) is 0 Å². The highest BCUT2D eigenvalue weighted by molar-refractivity contribution is 5.76. The molecule has 0 bridgehead atoms. The van der Waals surface area contributed by atoms with Gasteiger partial charge in [0.2, 0.25) is 0 Å². The van der Waals surface area contributed by atoms with Gasteiger partial charge in [0.1, 0.15) is 0 Å². The Morgan fingerprint density at radius 1 is 1.33 bits per heavy atom. The van der Waals surface area contributed by atoms with E-state index in [0.717, 1.165) is 5.56 Å². The van der Waals surface area contributed by atoms with Crippen molar-refractivity contribution in [1.29, 1.82) is 0 Å². The minimum atomic E-state index is -1.16. The number of benzene rings is 1. The van der Waals surface area contributed by atoms with Gasteiger partial charge in [-0.25, -0.2) is 0 Å². The zero-order chi connectivity index (χ0) is 8.55. The fourth-order valence-electron chi connectivity index (χ4n) is 1.51. The number of hydrogen-bond donors (Lipinski definition) is 0. The van der Waals surface area contributed by atoms with E-state index < -0.39 is 6.04 Å². The number of hydrogen-bond acceptors (Lipinski definition) is 1. The fourth-order valence-corrected chi connectivity index (χ4v) is 1.51. The molecule has 0 amide bonds. The molecule has 0 aliphatic heterocycles. The summed E-state index contributed by atoms with van der Waals surface area (Å²) >= 11 is 0. The normalized spacial score (nSPS) is 26.8. The van der Waals surface area contributed by atoms with E-state index in [1.807, 2.05) is 30.3 Å². The molecular formula is C10H9FO. The van der Waals surface area contributed by atoms with Crippen molar-refractivity contribution >= 4 is 6.04 Å². The van der Waals surface area contributed by atoms with Crippen LogP contribution in [-0.2, 0) is 4.79 Å². The van der Waals surface area contributed by atoms with Gasteiger partial charge in [-0.05, 0) is 17.9 Å². The van der Waals surface area contributed by atoms with Crippen LogP contribution in [0.15, 0.2) is 30.3 Å². The van der Waals surface area contributed by atoms with Crippen molar-refractivity contribution in [3.05, 3.63) is 35.9 Å². The van der Waals surface area contributed by atoms with Crippen LogP contribution in [0, 0.1) is 5.92 Å². The second-order valence-corrected chi connectivity index (χ2v) is 3.16. The van der Waals surface area contributed by atoms with Crippen molar-refractivity contribution in [3.63, 3.8) is 0 Å². The first-order valence-electron chi connectivity index (χ1n) is 4.03. The molecule has 2 atom stereocenters. The summed E-state index contributed by atoms with van der Waals surface area (Å²) in [7, 11) is 0. The molecule has 0 radical (unpaired) electrons. The number of carbonyl (C=O) groups is 1. The van der Waals surface area contributed by atoms with E-state index in [-0.39, 0.29) is 11.8 Å². The van der Waals surface area contributed by atoms with Crippen LogP contribution >= 0.6 is 0 Å². The summed E-state index contributed by atoms with van der Waals surface area (Å²) in [5.74, 6) is -0.212. The average Bonchev–Trinajstić information content (AvgIpc) is 2.84. The van der Waals surface area contributed by atoms with Crippen molar-refractivity contribution in [2.75, 3.05) is 0 Å². The summed E-state index contributed by atoms with van der Waals surface area (Å²) < 4.78 is 12.2. The van der Waals surface area contributed by atoms with Gasteiger partial charge in [-0.1, -0.05) is 30.3 Å². The minimum Gasteiger partial charge on any atom is -0.261 e. The lowest BCUT2D eigenvalue weighted by molar-refractivity contribution is -0.130. The molecule has 0 N–H and O–H groups in total. The lowest BCUT2D eigenvalue weighted by Gasteiger charge is -1.94. The molecule has 1 aliphatic rings. The molecule has 12 heavy (non-hydrogen) atoms. The molecule has 1 nitrogen and oxygen atoms in total. The van der Waals surface area contributed by atoms with E-state index in [1.165, 1.54) is 0 Å². The smallest absolute Gasteiger partial charge is 0.261 e. The first-order valence-corrected chi connectivity index (χ1v) is 4.03. The number of carbonyl (C=O) groups excluding carboxylic acids is 1. The Balaban J connectivity index is 2.11. The molecule has 0 aromatic heterocycles. The van der Waals surface area contributed by atoms with Gasteiger partial charge < -0.3 is 0 Å². The first-order chi connectivity index (χ1) is 5.79. The zero-order valence-corrected chi connectivity index (χ0v) is 6.53. The van der Waals surface area contributed by atoms with E-state index in [9.17, 15) is 9.18 Å². The van der Waals surface area contributed by atoms with Crippen molar-refractivity contribution in [1.82, 2.24) is 0 Å². The van der Waals surface area contributed by atoms with E-state index in [2.05, 4.69) is 0 Å². The molecule has 2 rings (SSSR count). The highest BCUT2D eigenvalue weighted by Crippen LogP contribution is 2.47. The predicted octanol–water partition coefficient (Wildman–Crippen LogP) is 2.29. The molecule has 0 heterocycles.